The standard InChI is InChI=1S/C21H22FN3O2/c1-13-11-15(7-9-17(13)22)23-20(26)14-6-8-16-18(12-14)24(2)19-5-3-4-10-25(19)21(16)27/h6-9,11-12,19H,3-5,10H2,1-2H3,(H,23,26)/t19-/m1/s1. The van der Waals surface area contributed by atoms with Crippen LogP contribution in [-0.4, -0.2) is 36.5 Å². The molecule has 2 amide bonds. The number of piperidine rings is 1. The quantitative estimate of drug-likeness (QED) is 0.879. The zero-order valence-corrected chi connectivity index (χ0v) is 15.5. The number of hydrogen-bond donors (Lipinski definition) is 1. The molecule has 0 unspecified atom stereocenters. The number of halogens is 1. The molecule has 2 aliphatic heterocycles. The molecule has 0 aliphatic carbocycles. The van der Waals surface area contributed by atoms with Crippen LogP contribution in [0.4, 0.5) is 15.8 Å². The Kier molecular flexibility index (Phi) is 4.34. The molecule has 1 saturated heterocycles. The molecule has 0 aromatic heterocycles. The van der Waals surface area contributed by atoms with E-state index in [0.717, 1.165) is 31.5 Å². The molecule has 0 spiro atoms. The third-order valence-electron chi connectivity index (χ3n) is 5.47. The first-order chi connectivity index (χ1) is 13.0. The highest BCUT2D eigenvalue weighted by atomic mass is 19.1. The van der Waals surface area contributed by atoms with Crippen LogP contribution in [0.25, 0.3) is 0 Å². The lowest BCUT2D eigenvalue weighted by atomic mass is 9.97. The molecule has 1 fully saturated rings. The molecule has 6 heteroatoms. The Bertz CT molecular complexity index is 928. The Hall–Kier alpha value is -2.89. The lowest BCUT2D eigenvalue weighted by molar-refractivity contribution is 0.0589. The van der Waals surface area contributed by atoms with Crippen LogP contribution >= 0.6 is 0 Å². The number of nitrogens with one attached hydrogen (secondary N) is 1. The monoisotopic (exact) mass is 367 g/mol. The number of fused-ring (bicyclic) bond motifs is 2. The number of hydrogen-bond acceptors (Lipinski definition) is 3. The number of nitrogens with zero attached hydrogens (tertiary/aromatic N) is 2. The van der Waals surface area contributed by atoms with E-state index in [9.17, 15) is 14.0 Å². The second kappa shape index (κ2) is 6.68. The Morgan fingerprint density at radius 3 is 2.78 bits per heavy atom. The summed E-state index contributed by atoms with van der Waals surface area (Å²) in [7, 11) is 1.97. The van der Waals surface area contributed by atoms with Crippen molar-refractivity contribution in [2.45, 2.75) is 32.4 Å². The van der Waals surface area contributed by atoms with Crippen molar-refractivity contribution >= 4 is 23.2 Å². The molecule has 2 aliphatic rings. The molecular formula is C21H22FN3O2. The summed E-state index contributed by atoms with van der Waals surface area (Å²) in [6, 6.07) is 9.63. The molecule has 0 radical (unpaired) electrons. The normalized spacial score (nSPS) is 18.8. The van der Waals surface area contributed by atoms with Crippen LogP contribution in [0.2, 0.25) is 0 Å². The molecule has 27 heavy (non-hydrogen) atoms. The summed E-state index contributed by atoms with van der Waals surface area (Å²) in [5.74, 6) is -0.552. The molecule has 1 N–H and O–H groups in total. The Labute approximate surface area is 157 Å². The van der Waals surface area contributed by atoms with Crippen molar-refractivity contribution in [1.82, 2.24) is 4.90 Å². The zero-order valence-electron chi connectivity index (χ0n) is 15.5. The van der Waals surface area contributed by atoms with E-state index in [1.807, 2.05) is 11.9 Å². The summed E-state index contributed by atoms with van der Waals surface area (Å²) in [6.45, 7) is 2.43. The van der Waals surface area contributed by atoms with Crippen molar-refractivity contribution < 1.29 is 14.0 Å². The maximum absolute atomic E-state index is 13.4. The van der Waals surface area contributed by atoms with E-state index < -0.39 is 0 Å². The fourth-order valence-electron chi connectivity index (χ4n) is 3.94. The summed E-state index contributed by atoms with van der Waals surface area (Å²) in [5, 5.41) is 2.80. The molecule has 0 saturated carbocycles. The van der Waals surface area contributed by atoms with Gasteiger partial charge in [-0.15, -0.1) is 0 Å². The van der Waals surface area contributed by atoms with E-state index in [-0.39, 0.29) is 23.8 Å². The minimum atomic E-state index is -0.307. The molecule has 5 nitrogen and oxygen atoms in total. The van der Waals surface area contributed by atoms with E-state index in [1.54, 1.807) is 31.2 Å². The minimum Gasteiger partial charge on any atom is -0.354 e. The number of benzene rings is 2. The van der Waals surface area contributed by atoms with Crippen LogP contribution in [0.3, 0.4) is 0 Å². The Balaban J connectivity index is 1.62. The van der Waals surface area contributed by atoms with Crippen LogP contribution < -0.4 is 10.2 Å². The summed E-state index contributed by atoms with van der Waals surface area (Å²) in [6.07, 6.45) is 3.12. The van der Waals surface area contributed by atoms with Gasteiger partial charge in [-0.1, -0.05) is 0 Å². The Morgan fingerprint density at radius 2 is 2.00 bits per heavy atom. The van der Waals surface area contributed by atoms with E-state index >= 15 is 0 Å². The highest BCUT2D eigenvalue weighted by Crippen LogP contribution is 2.35. The number of amides is 2. The molecule has 1 atom stereocenters. The Morgan fingerprint density at radius 1 is 1.19 bits per heavy atom. The first kappa shape index (κ1) is 17.5. The number of rotatable bonds is 2. The zero-order chi connectivity index (χ0) is 19.1. The van der Waals surface area contributed by atoms with Crippen LogP contribution in [0.5, 0.6) is 0 Å². The average molecular weight is 367 g/mol. The van der Waals surface area contributed by atoms with Crippen molar-refractivity contribution in [3.05, 3.63) is 58.9 Å². The van der Waals surface area contributed by atoms with Gasteiger partial charge < -0.3 is 15.1 Å². The van der Waals surface area contributed by atoms with Gasteiger partial charge in [-0.05, 0) is 68.1 Å². The highest BCUT2D eigenvalue weighted by Gasteiger charge is 2.37. The van der Waals surface area contributed by atoms with E-state index in [1.165, 1.54) is 12.1 Å². The third-order valence-corrected chi connectivity index (χ3v) is 5.47. The van der Waals surface area contributed by atoms with E-state index in [2.05, 4.69) is 10.2 Å². The number of aryl methyl sites for hydroxylation is 1. The van der Waals surface area contributed by atoms with Gasteiger partial charge in [0.2, 0.25) is 0 Å². The van der Waals surface area contributed by atoms with Gasteiger partial charge in [0.1, 0.15) is 12.0 Å². The summed E-state index contributed by atoms with van der Waals surface area (Å²) in [5.41, 5.74) is 2.90. The van der Waals surface area contributed by atoms with Crippen molar-refractivity contribution in [2.24, 2.45) is 0 Å². The van der Waals surface area contributed by atoms with Gasteiger partial charge in [0.25, 0.3) is 11.8 Å². The van der Waals surface area contributed by atoms with Gasteiger partial charge in [0, 0.05) is 24.8 Å². The largest absolute Gasteiger partial charge is 0.354 e. The first-order valence-corrected chi connectivity index (χ1v) is 9.21. The maximum Gasteiger partial charge on any atom is 0.257 e. The lowest BCUT2D eigenvalue weighted by Gasteiger charge is -2.46. The van der Waals surface area contributed by atoms with Crippen molar-refractivity contribution in [2.75, 3.05) is 23.8 Å². The number of anilines is 2. The van der Waals surface area contributed by atoms with E-state index in [0.29, 0.717) is 22.4 Å². The van der Waals surface area contributed by atoms with Gasteiger partial charge in [-0.3, -0.25) is 9.59 Å². The molecule has 0 bridgehead atoms. The first-order valence-electron chi connectivity index (χ1n) is 9.21. The predicted molar refractivity (Wildman–Crippen MR) is 103 cm³/mol. The lowest BCUT2D eigenvalue weighted by Crippen LogP contribution is -2.55. The minimum absolute atomic E-state index is 0.0360. The summed E-state index contributed by atoms with van der Waals surface area (Å²) in [4.78, 5) is 29.5. The van der Waals surface area contributed by atoms with Crippen LogP contribution in [-0.2, 0) is 0 Å². The second-order valence-corrected chi connectivity index (χ2v) is 7.24. The fraction of sp³-hybridized carbons (Fsp3) is 0.333. The summed E-state index contributed by atoms with van der Waals surface area (Å²) >= 11 is 0. The molecule has 4 rings (SSSR count). The maximum atomic E-state index is 13.4. The fourth-order valence-corrected chi connectivity index (χ4v) is 3.94. The average Bonchev–Trinajstić information content (AvgIpc) is 2.68. The molecule has 140 valence electrons. The predicted octanol–water partition coefficient (Wildman–Crippen LogP) is 3.79. The van der Waals surface area contributed by atoms with Gasteiger partial charge >= 0.3 is 0 Å². The van der Waals surface area contributed by atoms with Gasteiger partial charge in [0.05, 0.1) is 11.3 Å². The van der Waals surface area contributed by atoms with Crippen LogP contribution in [0.15, 0.2) is 36.4 Å². The molecule has 2 heterocycles. The number of carbonyl (C=O) groups excluding carboxylic acids is 2. The SMILES string of the molecule is Cc1cc(NC(=O)c2ccc3c(c2)N(C)[C@H]2CCCCN2C3=O)ccc1F. The van der Waals surface area contributed by atoms with Crippen molar-refractivity contribution in [3.8, 4) is 0 Å². The smallest absolute Gasteiger partial charge is 0.257 e. The molecular weight excluding hydrogens is 345 g/mol. The van der Waals surface area contributed by atoms with Crippen molar-refractivity contribution in [1.29, 1.82) is 0 Å². The number of carbonyl (C=O) groups is 2. The van der Waals surface area contributed by atoms with Gasteiger partial charge in [-0.25, -0.2) is 4.39 Å². The van der Waals surface area contributed by atoms with Crippen LogP contribution in [0.1, 0.15) is 45.5 Å². The topological polar surface area (TPSA) is 52.7 Å². The van der Waals surface area contributed by atoms with E-state index in [4.69, 9.17) is 0 Å². The second-order valence-electron chi connectivity index (χ2n) is 7.24. The van der Waals surface area contributed by atoms with Gasteiger partial charge in [-0.2, -0.15) is 0 Å². The van der Waals surface area contributed by atoms with Gasteiger partial charge in [0.15, 0.2) is 0 Å². The highest BCUT2D eigenvalue weighted by molar-refractivity contribution is 6.08. The summed E-state index contributed by atoms with van der Waals surface area (Å²) < 4.78 is 13.4. The third kappa shape index (κ3) is 3.05. The van der Waals surface area contributed by atoms with Crippen molar-refractivity contribution in [3.63, 3.8) is 0 Å². The van der Waals surface area contributed by atoms with Crippen LogP contribution in [0, 0.1) is 12.7 Å². The molecule has 2 aromatic rings. The molecule has 2 aromatic carbocycles.